The summed E-state index contributed by atoms with van der Waals surface area (Å²) in [5, 5.41) is 0. The fourth-order valence-corrected chi connectivity index (χ4v) is 2.88. The third-order valence-electron chi connectivity index (χ3n) is 4.39. The summed E-state index contributed by atoms with van der Waals surface area (Å²) in [5.41, 5.74) is 6.04. The molecule has 2 atom stereocenters. The van der Waals surface area contributed by atoms with Crippen LogP contribution in [0.3, 0.4) is 0 Å². The van der Waals surface area contributed by atoms with Gasteiger partial charge in [-0.2, -0.15) is 0 Å². The van der Waals surface area contributed by atoms with Crippen LogP contribution in [-0.4, -0.2) is 30.4 Å². The monoisotopic (exact) mass is 254 g/mol. The van der Waals surface area contributed by atoms with Crippen molar-refractivity contribution in [1.29, 1.82) is 0 Å². The molecule has 18 heavy (non-hydrogen) atoms. The smallest absolute Gasteiger partial charge is 0.226 e. The number of carbonyl (C=O) groups excluding carboxylic acids is 1. The summed E-state index contributed by atoms with van der Waals surface area (Å²) in [4.78, 5) is 14.4. The Morgan fingerprint density at radius 1 is 1.33 bits per heavy atom. The molecule has 1 aliphatic rings. The number of nitrogens with zero attached hydrogens (tertiary/aromatic N) is 1. The molecule has 0 aromatic carbocycles. The summed E-state index contributed by atoms with van der Waals surface area (Å²) in [6, 6.07) is 0. The summed E-state index contributed by atoms with van der Waals surface area (Å²) in [6.45, 7) is 11.3. The second-order valence-corrected chi connectivity index (χ2v) is 6.66. The molecule has 0 radical (unpaired) electrons. The van der Waals surface area contributed by atoms with E-state index in [1.807, 2.05) is 11.8 Å². The van der Waals surface area contributed by atoms with Gasteiger partial charge in [-0.15, -0.1) is 0 Å². The molecule has 2 unspecified atom stereocenters. The largest absolute Gasteiger partial charge is 0.342 e. The first-order valence-electron chi connectivity index (χ1n) is 7.39. The van der Waals surface area contributed by atoms with Crippen LogP contribution in [0.1, 0.15) is 53.4 Å². The maximum absolute atomic E-state index is 12.3. The van der Waals surface area contributed by atoms with E-state index in [0.717, 1.165) is 38.3 Å². The molecule has 0 aromatic rings. The maximum Gasteiger partial charge on any atom is 0.226 e. The van der Waals surface area contributed by atoms with Gasteiger partial charge >= 0.3 is 0 Å². The lowest BCUT2D eigenvalue weighted by Crippen LogP contribution is -2.39. The van der Waals surface area contributed by atoms with Crippen LogP contribution >= 0.6 is 0 Å². The van der Waals surface area contributed by atoms with Crippen LogP contribution in [0.4, 0.5) is 0 Å². The Bertz CT molecular complexity index is 266. The molecule has 106 valence electrons. The van der Waals surface area contributed by atoms with E-state index in [-0.39, 0.29) is 11.8 Å². The van der Waals surface area contributed by atoms with Crippen molar-refractivity contribution in [2.75, 3.05) is 19.6 Å². The van der Waals surface area contributed by atoms with Gasteiger partial charge in [-0.3, -0.25) is 4.79 Å². The molecule has 1 amide bonds. The van der Waals surface area contributed by atoms with Gasteiger partial charge in [0.25, 0.3) is 0 Å². The van der Waals surface area contributed by atoms with Crippen molar-refractivity contribution in [3.05, 3.63) is 0 Å². The molecule has 1 heterocycles. The maximum atomic E-state index is 12.3. The van der Waals surface area contributed by atoms with Crippen molar-refractivity contribution in [3.63, 3.8) is 0 Å². The molecule has 0 bridgehead atoms. The zero-order chi connectivity index (χ0) is 13.8. The number of rotatable bonds is 3. The predicted molar refractivity (Wildman–Crippen MR) is 76.2 cm³/mol. The van der Waals surface area contributed by atoms with E-state index in [9.17, 15) is 4.79 Å². The Morgan fingerprint density at radius 2 is 2.00 bits per heavy atom. The Labute approximate surface area is 112 Å². The predicted octanol–water partition coefficient (Wildman–Crippen LogP) is 2.65. The molecule has 0 saturated carbocycles. The van der Waals surface area contributed by atoms with Crippen LogP contribution < -0.4 is 5.73 Å². The van der Waals surface area contributed by atoms with Gasteiger partial charge in [0.1, 0.15) is 0 Å². The lowest BCUT2D eigenvalue weighted by atomic mass is 9.77. The zero-order valence-electron chi connectivity index (χ0n) is 12.5. The van der Waals surface area contributed by atoms with E-state index >= 15 is 0 Å². The highest BCUT2D eigenvalue weighted by molar-refractivity contribution is 5.79. The number of hydrogen-bond donors (Lipinski definition) is 1. The van der Waals surface area contributed by atoms with Gasteiger partial charge in [0.05, 0.1) is 5.92 Å². The Morgan fingerprint density at radius 3 is 2.50 bits per heavy atom. The lowest BCUT2D eigenvalue weighted by molar-refractivity contribution is -0.135. The first-order chi connectivity index (χ1) is 8.40. The van der Waals surface area contributed by atoms with E-state index in [1.165, 1.54) is 6.42 Å². The topological polar surface area (TPSA) is 46.3 Å². The van der Waals surface area contributed by atoms with E-state index in [0.29, 0.717) is 12.0 Å². The van der Waals surface area contributed by atoms with Crippen molar-refractivity contribution in [3.8, 4) is 0 Å². The van der Waals surface area contributed by atoms with Gasteiger partial charge in [-0.1, -0.05) is 27.7 Å². The number of carbonyl (C=O) groups is 1. The van der Waals surface area contributed by atoms with Crippen molar-refractivity contribution in [2.24, 2.45) is 23.0 Å². The summed E-state index contributed by atoms with van der Waals surface area (Å²) in [5.74, 6) is 1.03. The highest BCUT2D eigenvalue weighted by Crippen LogP contribution is 2.34. The second-order valence-electron chi connectivity index (χ2n) is 6.66. The highest BCUT2D eigenvalue weighted by Gasteiger charge is 2.29. The molecular formula is C15H30N2O. The Hall–Kier alpha value is -0.570. The molecule has 1 saturated heterocycles. The molecule has 0 aliphatic carbocycles. The Balaban J connectivity index is 2.59. The molecule has 3 nitrogen and oxygen atoms in total. The summed E-state index contributed by atoms with van der Waals surface area (Å²) < 4.78 is 0. The van der Waals surface area contributed by atoms with Crippen molar-refractivity contribution in [1.82, 2.24) is 4.90 Å². The summed E-state index contributed by atoms with van der Waals surface area (Å²) >= 11 is 0. The van der Waals surface area contributed by atoms with Gasteiger partial charge in [-0.05, 0) is 37.0 Å². The van der Waals surface area contributed by atoms with Gasteiger partial charge in [0.15, 0.2) is 0 Å². The number of amides is 1. The van der Waals surface area contributed by atoms with E-state index in [2.05, 4.69) is 20.8 Å². The van der Waals surface area contributed by atoms with Crippen LogP contribution in [0.5, 0.6) is 0 Å². The first-order valence-corrected chi connectivity index (χ1v) is 7.39. The molecular weight excluding hydrogens is 224 g/mol. The molecule has 3 heteroatoms. The highest BCUT2D eigenvalue weighted by atomic mass is 16.2. The third-order valence-corrected chi connectivity index (χ3v) is 4.39. The SMILES string of the molecule is CCC(CN)C(=O)N1CCCC(C(C)(C)C)CC1. The second kappa shape index (κ2) is 6.55. The van der Waals surface area contributed by atoms with Gasteiger partial charge in [0, 0.05) is 19.6 Å². The number of likely N-dealkylation sites (tertiary alicyclic amines) is 1. The zero-order valence-corrected chi connectivity index (χ0v) is 12.5. The molecule has 1 fully saturated rings. The van der Waals surface area contributed by atoms with Gasteiger partial charge in [-0.25, -0.2) is 0 Å². The molecule has 1 rings (SSSR count). The van der Waals surface area contributed by atoms with E-state index in [1.54, 1.807) is 0 Å². The molecule has 1 aliphatic heterocycles. The average molecular weight is 254 g/mol. The van der Waals surface area contributed by atoms with Crippen LogP contribution in [0.15, 0.2) is 0 Å². The van der Waals surface area contributed by atoms with Gasteiger partial charge in [0.2, 0.25) is 5.91 Å². The lowest BCUT2D eigenvalue weighted by Gasteiger charge is -2.30. The van der Waals surface area contributed by atoms with Crippen LogP contribution in [0, 0.1) is 17.3 Å². The first kappa shape index (κ1) is 15.5. The molecule has 0 aromatic heterocycles. The Kier molecular flexibility index (Phi) is 5.64. The summed E-state index contributed by atoms with van der Waals surface area (Å²) in [7, 11) is 0. The summed E-state index contributed by atoms with van der Waals surface area (Å²) in [6.07, 6.45) is 4.37. The van der Waals surface area contributed by atoms with Crippen LogP contribution in [-0.2, 0) is 4.79 Å². The van der Waals surface area contributed by atoms with Crippen molar-refractivity contribution in [2.45, 2.75) is 53.4 Å². The van der Waals surface area contributed by atoms with E-state index < -0.39 is 0 Å². The fourth-order valence-electron chi connectivity index (χ4n) is 2.88. The van der Waals surface area contributed by atoms with Crippen molar-refractivity contribution < 1.29 is 4.79 Å². The number of nitrogens with two attached hydrogens (primary N) is 1. The minimum atomic E-state index is 0.0242. The van der Waals surface area contributed by atoms with Crippen LogP contribution in [0.2, 0.25) is 0 Å². The molecule has 2 N–H and O–H groups in total. The van der Waals surface area contributed by atoms with E-state index in [4.69, 9.17) is 5.73 Å². The van der Waals surface area contributed by atoms with Crippen molar-refractivity contribution >= 4 is 5.91 Å². The number of hydrogen-bond acceptors (Lipinski definition) is 2. The minimum Gasteiger partial charge on any atom is -0.342 e. The fraction of sp³-hybridized carbons (Fsp3) is 0.933. The standard InChI is InChI=1S/C15H30N2O/c1-5-12(11-16)14(18)17-9-6-7-13(8-10-17)15(2,3)4/h12-13H,5-11,16H2,1-4H3. The normalized spacial score (nSPS) is 23.6. The van der Waals surface area contributed by atoms with Gasteiger partial charge < -0.3 is 10.6 Å². The van der Waals surface area contributed by atoms with Crippen LogP contribution in [0.25, 0.3) is 0 Å². The third kappa shape index (κ3) is 3.98. The average Bonchev–Trinajstić information content (AvgIpc) is 2.55. The minimum absolute atomic E-state index is 0.0242. The molecule has 0 spiro atoms. The quantitative estimate of drug-likeness (QED) is 0.841.